The Bertz CT molecular complexity index is 404. The highest BCUT2D eigenvalue weighted by Gasteiger charge is 2.05. The molecule has 0 saturated carbocycles. The molecule has 3 nitrogen and oxygen atoms in total. The van der Waals surface area contributed by atoms with E-state index < -0.39 is 0 Å². The van der Waals surface area contributed by atoms with Crippen LogP contribution in [0, 0.1) is 13.8 Å². The van der Waals surface area contributed by atoms with Crippen LogP contribution in [0.5, 0.6) is 0 Å². The van der Waals surface area contributed by atoms with Gasteiger partial charge in [0.05, 0.1) is 6.20 Å². The monoisotopic (exact) mass is 175 g/mol. The van der Waals surface area contributed by atoms with Crippen molar-refractivity contribution >= 4 is 0 Å². The molecule has 0 bridgehead atoms. The van der Waals surface area contributed by atoms with Crippen LogP contribution in [0.2, 0.25) is 0 Å². The second-order valence-corrected chi connectivity index (χ2v) is 3.26. The molecular formula is C10H13N3. The minimum Gasteiger partial charge on any atom is -0.303 e. The minimum absolute atomic E-state index is 1.11. The molecule has 0 aliphatic rings. The number of hydrogen-bond donors (Lipinski definition) is 0. The van der Waals surface area contributed by atoms with E-state index in [2.05, 4.69) is 35.6 Å². The fraction of sp³-hybridized carbons (Fsp3) is 0.300. The third-order valence-electron chi connectivity index (χ3n) is 2.30. The first kappa shape index (κ1) is 8.10. The lowest BCUT2D eigenvalue weighted by molar-refractivity contribution is 0.719. The molecular weight excluding hydrogens is 162 g/mol. The smallest absolute Gasteiger partial charge is 0.134 e. The molecule has 2 rings (SSSR count). The summed E-state index contributed by atoms with van der Waals surface area (Å²) >= 11 is 0. The fourth-order valence-electron chi connectivity index (χ4n) is 1.62. The van der Waals surface area contributed by atoms with Gasteiger partial charge < -0.3 is 4.57 Å². The van der Waals surface area contributed by atoms with E-state index in [-0.39, 0.29) is 0 Å². The molecule has 0 N–H and O–H groups in total. The molecule has 2 aromatic heterocycles. The molecule has 0 aliphatic heterocycles. The molecule has 0 radical (unpaired) electrons. The van der Waals surface area contributed by atoms with Crippen LogP contribution in [-0.2, 0) is 7.05 Å². The quantitative estimate of drug-likeness (QED) is 0.648. The molecule has 0 amide bonds. The zero-order valence-electron chi connectivity index (χ0n) is 8.15. The van der Waals surface area contributed by atoms with E-state index in [9.17, 15) is 0 Å². The normalized spacial score (nSPS) is 10.7. The molecule has 2 heterocycles. The SMILES string of the molecule is Cc1ccc(C)n1-c1ccnn1C. The van der Waals surface area contributed by atoms with Crippen LogP contribution in [0.15, 0.2) is 24.4 Å². The molecule has 13 heavy (non-hydrogen) atoms. The summed E-state index contributed by atoms with van der Waals surface area (Å²) in [5, 5.41) is 4.15. The van der Waals surface area contributed by atoms with E-state index in [0.29, 0.717) is 0 Å². The van der Waals surface area contributed by atoms with Gasteiger partial charge in [0.1, 0.15) is 5.82 Å². The lowest BCUT2D eigenvalue weighted by Crippen LogP contribution is -2.05. The van der Waals surface area contributed by atoms with Crippen LogP contribution < -0.4 is 0 Å². The molecule has 0 atom stereocenters. The van der Waals surface area contributed by atoms with Crippen molar-refractivity contribution in [2.75, 3.05) is 0 Å². The van der Waals surface area contributed by atoms with Crippen LogP contribution >= 0.6 is 0 Å². The number of aryl methyl sites for hydroxylation is 3. The fourth-order valence-corrected chi connectivity index (χ4v) is 1.62. The van der Waals surface area contributed by atoms with E-state index in [4.69, 9.17) is 0 Å². The van der Waals surface area contributed by atoms with Crippen LogP contribution in [0.4, 0.5) is 0 Å². The topological polar surface area (TPSA) is 22.8 Å². The Hall–Kier alpha value is -1.51. The van der Waals surface area contributed by atoms with Crippen molar-refractivity contribution in [1.82, 2.24) is 14.3 Å². The first-order valence-electron chi connectivity index (χ1n) is 4.33. The summed E-state index contributed by atoms with van der Waals surface area (Å²) in [4.78, 5) is 0. The van der Waals surface area contributed by atoms with Crippen molar-refractivity contribution in [3.63, 3.8) is 0 Å². The second-order valence-electron chi connectivity index (χ2n) is 3.26. The zero-order valence-corrected chi connectivity index (χ0v) is 8.15. The van der Waals surface area contributed by atoms with Gasteiger partial charge in [0.2, 0.25) is 0 Å². The summed E-state index contributed by atoms with van der Waals surface area (Å²) in [5.41, 5.74) is 2.47. The van der Waals surface area contributed by atoms with Gasteiger partial charge in [0.25, 0.3) is 0 Å². The standard InChI is InChI=1S/C10H13N3/c1-8-4-5-9(2)13(8)10-6-7-11-12(10)3/h4-7H,1-3H3. The highest BCUT2D eigenvalue weighted by molar-refractivity contribution is 5.30. The molecule has 68 valence electrons. The van der Waals surface area contributed by atoms with Gasteiger partial charge in [-0.2, -0.15) is 5.10 Å². The minimum atomic E-state index is 1.11. The van der Waals surface area contributed by atoms with Crippen LogP contribution in [0.1, 0.15) is 11.4 Å². The highest BCUT2D eigenvalue weighted by atomic mass is 15.3. The van der Waals surface area contributed by atoms with Crippen LogP contribution in [0.3, 0.4) is 0 Å². The molecule has 0 saturated heterocycles. The maximum absolute atomic E-state index is 4.15. The predicted molar refractivity (Wildman–Crippen MR) is 52.0 cm³/mol. The summed E-state index contributed by atoms with van der Waals surface area (Å²) in [6.45, 7) is 4.19. The summed E-state index contributed by atoms with van der Waals surface area (Å²) < 4.78 is 4.06. The zero-order chi connectivity index (χ0) is 9.42. The Morgan fingerprint density at radius 3 is 2.15 bits per heavy atom. The first-order valence-corrected chi connectivity index (χ1v) is 4.33. The molecule has 0 aromatic carbocycles. The van der Waals surface area contributed by atoms with Crippen molar-refractivity contribution in [2.45, 2.75) is 13.8 Å². The van der Waals surface area contributed by atoms with Gasteiger partial charge >= 0.3 is 0 Å². The number of nitrogens with zero attached hydrogens (tertiary/aromatic N) is 3. The van der Waals surface area contributed by atoms with Crippen molar-refractivity contribution in [3.05, 3.63) is 35.8 Å². The summed E-state index contributed by atoms with van der Waals surface area (Å²) in [5.74, 6) is 1.11. The van der Waals surface area contributed by atoms with Crippen LogP contribution in [-0.4, -0.2) is 14.3 Å². The maximum atomic E-state index is 4.15. The van der Waals surface area contributed by atoms with Gasteiger partial charge in [-0.1, -0.05) is 0 Å². The molecule has 0 spiro atoms. The average molecular weight is 175 g/mol. The van der Waals surface area contributed by atoms with E-state index in [0.717, 1.165) is 5.82 Å². The van der Waals surface area contributed by atoms with Crippen molar-refractivity contribution < 1.29 is 0 Å². The predicted octanol–water partition coefficient (Wildman–Crippen LogP) is 1.83. The Labute approximate surface area is 77.6 Å². The van der Waals surface area contributed by atoms with E-state index in [1.54, 1.807) is 0 Å². The van der Waals surface area contributed by atoms with Gasteiger partial charge in [0.15, 0.2) is 0 Å². The lowest BCUT2D eigenvalue weighted by Gasteiger charge is -2.08. The molecule has 3 heteroatoms. The van der Waals surface area contributed by atoms with Crippen molar-refractivity contribution in [3.8, 4) is 5.82 Å². The molecule has 0 aliphatic carbocycles. The van der Waals surface area contributed by atoms with Gasteiger partial charge in [-0.15, -0.1) is 0 Å². The van der Waals surface area contributed by atoms with Gasteiger partial charge in [-0.25, -0.2) is 0 Å². The summed E-state index contributed by atoms with van der Waals surface area (Å²) in [6.07, 6.45) is 1.81. The van der Waals surface area contributed by atoms with Crippen LogP contribution in [0.25, 0.3) is 5.82 Å². The van der Waals surface area contributed by atoms with E-state index in [1.807, 2.05) is 24.0 Å². The summed E-state index contributed by atoms with van der Waals surface area (Å²) in [7, 11) is 1.95. The third kappa shape index (κ3) is 1.16. The number of aromatic nitrogens is 3. The molecule has 0 fully saturated rings. The van der Waals surface area contributed by atoms with Crippen molar-refractivity contribution in [2.24, 2.45) is 7.05 Å². The van der Waals surface area contributed by atoms with Gasteiger partial charge in [0, 0.05) is 24.5 Å². The second kappa shape index (κ2) is 2.76. The Morgan fingerprint density at radius 2 is 1.69 bits per heavy atom. The van der Waals surface area contributed by atoms with Crippen molar-refractivity contribution in [1.29, 1.82) is 0 Å². The Morgan fingerprint density at radius 1 is 1.08 bits per heavy atom. The first-order chi connectivity index (χ1) is 6.20. The van der Waals surface area contributed by atoms with Gasteiger partial charge in [-0.05, 0) is 26.0 Å². The maximum Gasteiger partial charge on any atom is 0.134 e. The van der Waals surface area contributed by atoms with Gasteiger partial charge in [-0.3, -0.25) is 4.68 Å². The largest absolute Gasteiger partial charge is 0.303 e. The highest BCUT2D eigenvalue weighted by Crippen LogP contribution is 2.14. The van der Waals surface area contributed by atoms with E-state index >= 15 is 0 Å². The Balaban J connectivity index is 2.64. The third-order valence-corrected chi connectivity index (χ3v) is 2.30. The Kier molecular flexibility index (Phi) is 1.72. The lowest BCUT2D eigenvalue weighted by atomic mass is 10.5. The molecule has 2 aromatic rings. The molecule has 0 unspecified atom stereocenters. The average Bonchev–Trinajstić information content (AvgIpc) is 2.60. The number of hydrogen-bond acceptors (Lipinski definition) is 1. The van der Waals surface area contributed by atoms with E-state index in [1.165, 1.54) is 11.4 Å². The number of rotatable bonds is 1. The summed E-state index contributed by atoms with van der Waals surface area (Å²) in [6, 6.07) is 6.24.